The minimum absolute atomic E-state index is 0.104. The van der Waals surface area contributed by atoms with Crippen molar-refractivity contribution in [1.29, 1.82) is 0 Å². The van der Waals surface area contributed by atoms with Gasteiger partial charge in [0.1, 0.15) is 5.82 Å². The van der Waals surface area contributed by atoms with Crippen LogP contribution in [0.3, 0.4) is 0 Å². The molecule has 2 unspecified atom stereocenters. The van der Waals surface area contributed by atoms with Crippen molar-refractivity contribution in [2.24, 2.45) is 5.92 Å². The van der Waals surface area contributed by atoms with Gasteiger partial charge in [0, 0.05) is 17.0 Å². The topological polar surface area (TPSA) is 9.23 Å². The molecule has 2 atom stereocenters. The average molecular weight is 479 g/mol. The van der Waals surface area contributed by atoms with E-state index in [1.165, 1.54) is 37.8 Å². The molecule has 0 heterocycles. The van der Waals surface area contributed by atoms with E-state index in [0.717, 1.165) is 18.4 Å². The molecule has 184 valence electrons. The number of halogens is 3. The van der Waals surface area contributed by atoms with Gasteiger partial charge in [0.05, 0.1) is 6.61 Å². The molecule has 4 heteroatoms. The van der Waals surface area contributed by atoms with Gasteiger partial charge in [-0.05, 0) is 67.0 Å². The highest BCUT2D eigenvalue weighted by molar-refractivity contribution is 5.71. The third-order valence-corrected chi connectivity index (χ3v) is 6.92. The maximum atomic E-state index is 15.1. The summed E-state index contributed by atoms with van der Waals surface area (Å²) in [5, 5.41) is 0. The van der Waals surface area contributed by atoms with Crippen molar-refractivity contribution >= 4 is 0 Å². The summed E-state index contributed by atoms with van der Waals surface area (Å²) in [5.74, 6) is -1.43. The zero-order chi connectivity index (χ0) is 24.8. The van der Waals surface area contributed by atoms with Gasteiger partial charge in [-0.15, -0.1) is 0 Å². The van der Waals surface area contributed by atoms with E-state index in [9.17, 15) is 8.78 Å². The van der Waals surface area contributed by atoms with Crippen molar-refractivity contribution < 1.29 is 17.9 Å². The zero-order valence-corrected chi connectivity index (χ0v) is 20.5. The quantitative estimate of drug-likeness (QED) is 0.220. The summed E-state index contributed by atoms with van der Waals surface area (Å²) in [4.78, 5) is 0. The lowest BCUT2D eigenvalue weighted by molar-refractivity contribution is 0.314. The highest BCUT2D eigenvalue weighted by Crippen LogP contribution is 2.36. The van der Waals surface area contributed by atoms with E-state index in [1.807, 2.05) is 12.1 Å². The molecule has 0 saturated heterocycles. The molecule has 0 bridgehead atoms. The molecule has 1 nitrogen and oxygen atoms in total. The number of rotatable bonds is 9. The fraction of sp³-hybridized carbons (Fsp3) is 0.355. The largest absolute Gasteiger partial charge is 0.491 e. The maximum absolute atomic E-state index is 15.1. The Morgan fingerprint density at radius 1 is 0.771 bits per heavy atom. The van der Waals surface area contributed by atoms with Crippen molar-refractivity contribution in [3.63, 3.8) is 0 Å². The van der Waals surface area contributed by atoms with Gasteiger partial charge in [-0.1, -0.05) is 74.7 Å². The predicted molar refractivity (Wildman–Crippen MR) is 137 cm³/mol. The van der Waals surface area contributed by atoms with Crippen LogP contribution in [0.4, 0.5) is 13.2 Å². The second-order valence-corrected chi connectivity index (χ2v) is 9.31. The summed E-state index contributed by atoms with van der Waals surface area (Å²) >= 11 is 0. The number of ether oxygens (including phenoxy) is 1. The smallest absolute Gasteiger partial charge is 0.201 e. The van der Waals surface area contributed by atoms with Crippen LogP contribution in [-0.2, 0) is 0 Å². The molecule has 0 amide bonds. The maximum Gasteiger partial charge on any atom is 0.201 e. The summed E-state index contributed by atoms with van der Waals surface area (Å²) in [6.07, 6.45) is 11.8. The molecule has 0 aliphatic heterocycles. The van der Waals surface area contributed by atoms with E-state index in [-0.39, 0.29) is 29.7 Å². The molecule has 0 saturated carbocycles. The Labute approximate surface area is 206 Å². The van der Waals surface area contributed by atoms with Crippen molar-refractivity contribution in [2.45, 2.75) is 58.3 Å². The van der Waals surface area contributed by atoms with E-state index in [0.29, 0.717) is 22.6 Å². The first kappa shape index (κ1) is 25.1. The fourth-order valence-corrected chi connectivity index (χ4v) is 4.90. The Morgan fingerprint density at radius 3 is 2.11 bits per heavy atom. The van der Waals surface area contributed by atoms with Crippen LogP contribution >= 0.6 is 0 Å². The summed E-state index contributed by atoms with van der Waals surface area (Å²) in [7, 11) is 0. The molecule has 3 aromatic rings. The van der Waals surface area contributed by atoms with Gasteiger partial charge in [-0.2, -0.15) is 4.39 Å². The Bertz CT molecular complexity index is 1170. The Kier molecular flexibility index (Phi) is 8.33. The molecule has 1 aliphatic carbocycles. The highest BCUT2D eigenvalue weighted by atomic mass is 19.2. The molecular weight excluding hydrogens is 445 g/mol. The van der Waals surface area contributed by atoms with Crippen LogP contribution in [0.25, 0.3) is 22.3 Å². The standard InChI is InChI=1S/C31H33F3O/c1-3-5-6-7-21-8-10-22(11-9-21)25-16-17-26(28(32)20-25)23-12-14-24(15-13-23)27-18-19-29(35-4-2)31(34)30(27)33/h8,10,12-22H,3-7,9,11H2,1-2H3. The number of hydrogen-bond donors (Lipinski definition) is 0. The number of hydrogen-bond acceptors (Lipinski definition) is 1. The lowest BCUT2D eigenvalue weighted by Gasteiger charge is -2.23. The van der Waals surface area contributed by atoms with Gasteiger partial charge in [-0.25, -0.2) is 8.78 Å². The highest BCUT2D eigenvalue weighted by Gasteiger charge is 2.19. The van der Waals surface area contributed by atoms with Crippen LogP contribution < -0.4 is 4.74 Å². The summed E-state index contributed by atoms with van der Waals surface area (Å²) in [6, 6.07) is 15.2. The van der Waals surface area contributed by atoms with E-state index in [1.54, 1.807) is 37.3 Å². The SMILES string of the molecule is CCCCCC1C=CC(c2ccc(-c3ccc(-c4ccc(OCC)c(F)c4F)cc3)c(F)c2)CC1. The van der Waals surface area contributed by atoms with Crippen LogP contribution in [0.1, 0.15) is 63.9 Å². The molecule has 0 radical (unpaired) electrons. The first-order chi connectivity index (χ1) is 17.0. The van der Waals surface area contributed by atoms with Crippen molar-refractivity contribution in [3.05, 3.63) is 89.8 Å². The Morgan fingerprint density at radius 2 is 1.49 bits per heavy atom. The molecule has 35 heavy (non-hydrogen) atoms. The first-order valence-corrected chi connectivity index (χ1v) is 12.7. The Balaban J connectivity index is 1.48. The molecule has 0 fully saturated rings. The Hall–Kier alpha value is -3.01. The minimum Gasteiger partial charge on any atom is -0.491 e. The van der Waals surface area contributed by atoms with E-state index >= 15 is 4.39 Å². The summed E-state index contributed by atoms with van der Waals surface area (Å²) < 4.78 is 49.0. The van der Waals surface area contributed by atoms with E-state index in [2.05, 4.69) is 19.1 Å². The normalized spacial score (nSPS) is 17.5. The number of benzene rings is 3. The summed E-state index contributed by atoms with van der Waals surface area (Å²) in [5.41, 5.74) is 2.85. The molecule has 0 aromatic heterocycles. The fourth-order valence-electron chi connectivity index (χ4n) is 4.90. The van der Waals surface area contributed by atoms with Gasteiger partial charge in [0.2, 0.25) is 5.82 Å². The molecular formula is C31H33F3O. The van der Waals surface area contributed by atoms with Gasteiger partial charge < -0.3 is 4.74 Å². The monoisotopic (exact) mass is 478 g/mol. The molecule has 3 aromatic carbocycles. The second kappa shape index (κ2) is 11.6. The van der Waals surface area contributed by atoms with Gasteiger partial charge >= 0.3 is 0 Å². The minimum atomic E-state index is -1.00. The molecule has 0 spiro atoms. The number of unbranched alkanes of at least 4 members (excludes halogenated alkanes) is 2. The predicted octanol–water partition coefficient (Wildman–Crippen LogP) is 9.47. The lowest BCUT2D eigenvalue weighted by Crippen LogP contribution is -2.08. The molecule has 4 rings (SSSR count). The van der Waals surface area contributed by atoms with Crippen molar-refractivity contribution in [1.82, 2.24) is 0 Å². The number of allylic oxidation sites excluding steroid dienone is 2. The first-order valence-electron chi connectivity index (χ1n) is 12.7. The average Bonchev–Trinajstić information content (AvgIpc) is 2.88. The van der Waals surface area contributed by atoms with Gasteiger partial charge in [0.15, 0.2) is 11.6 Å². The van der Waals surface area contributed by atoms with Crippen LogP contribution in [0.15, 0.2) is 66.7 Å². The second-order valence-electron chi connectivity index (χ2n) is 9.31. The van der Waals surface area contributed by atoms with Gasteiger partial charge in [-0.3, -0.25) is 0 Å². The van der Waals surface area contributed by atoms with E-state index in [4.69, 9.17) is 4.74 Å². The lowest BCUT2D eigenvalue weighted by atomic mass is 9.82. The third-order valence-electron chi connectivity index (χ3n) is 6.92. The van der Waals surface area contributed by atoms with Crippen LogP contribution in [-0.4, -0.2) is 6.61 Å². The molecule has 0 N–H and O–H groups in total. The van der Waals surface area contributed by atoms with Gasteiger partial charge in [0.25, 0.3) is 0 Å². The zero-order valence-electron chi connectivity index (χ0n) is 20.5. The van der Waals surface area contributed by atoms with Crippen molar-refractivity contribution in [3.8, 4) is 28.0 Å². The third kappa shape index (κ3) is 5.80. The van der Waals surface area contributed by atoms with Crippen molar-refractivity contribution in [2.75, 3.05) is 6.61 Å². The summed E-state index contributed by atoms with van der Waals surface area (Å²) in [6.45, 7) is 4.19. The van der Waals surface area contributed by atoms with E-state index < -0.39 is 11.6 Å². The van der Waals surface area contributed by atoms with Crippen LogP contribution in [0.2, 0.25) is 0 Å². The van der Waals surface area contributed by atoms with Crippen LogP contribution in [0, 0.1) is 23.4 Å². The van der Waals surface area contributed by atoms with Crippen LogP contribution in [0.5, 0.6) is 5.75 Å². The molecule has 1 aliphatic rings.